The van der Waals surface area contributed by atoms with Crippen molar-refractivity contribution in [3.63, 3.8) is 0 Å². The van der Waals surface area contributed by atoms with Gasteiger partial charge in [0.15, 0.2) is 6.61 Å². The number of carbonyl (C=O) groups is 2. The number of rotatable bonds is 11. The first-order valence-corrected chi connectivity index (χ1v) is 12.4. The summed E-state index contributed by atoms with van der Waals surface area (Å²) in [6.07, 6.45) is 1.16. The first-order chi connectivity index (χ1) is 16.9. The Morgan fingerprint density at radius 3 is 2.09 bits per heavy atom. The third-order valence-electron chi connectivity index (χ3n) is 5.71. The maximum Gasteiger partial charge on any atom is 0.261 e. The van der Waals surface area contributed by atoms with E-state index in [1.54, 1.807) is 41.3 Å². The molecule has 2 atom stereocenters. The second-order valence-electron chi connectivity index (χ2n) is 8.41. The average Bonchev–Trinajstić information content (AvgIpc) is 2.87. The number of hydrogen-bond donors (Lipinski definition) is 1. The van der Waals surface area contributed by atoms with Crippen molar-refractivity contribution in [1.82, 2.24) is 10.2 Å². The van der Waals surface area contributed by atoms with Crippen LogP contribution < -0.4 is 10.1 Å². The SMILES string of the molecule is CCC(C)NC(=O)C(Cc1ccccc1)N(Cc1ccc(Cl)cc1)C(=O)COc1ccc(Cl)cc1. The zero-order valence-corrected chi connectivity index (χ0v) is 21.4. The summed E-state index contributed by atoms with van der Waals surface area (Å²) in [7, 11) is 0. The zero-order valence-electron chi connectivity index (χ0n) is 19.9. The van der Waals surface area contributed by atoms with Crippen molar-refractivity contribution in [3.05, 3.63) is 100 Å². The van der Waals surface area contributed by atoms with E-state index in [1.165, 1.54) is 0 Å². The molecule has 0 saturated heterocycles. The number of nitrogens with one attached hydrogen (secondary N) is 1. The number of halogens is 2. The third-order valence-corrected chi connectivity index (χ3v) is 6.22. The molecule has 0 aliphatic carbocycles. The van der Waals surface area contributed by atoms with Gasteiger partial charge in [-0.2, -0.15) is 0 Å². The van der Waals surface area contributed by atoms with Crippen LogP contribution in [0.5, 0.6) is 5.75 Å². The van der Waals surface area contributed by atoms with E-state index < -0.39 is 6.04 Å². The van der Waals surface area contributed by atoms with E-state index in [2.05, 4.69) is 5.32 Å². The molecule has 0 spiro atoms. The molecular weight excluding hydrogens is 483 g/mol. The molecule has 5 nitrogen and oxygen atoms in total. The highest BCUT2D eigenvalue weighted by atomic mass is 35.5. The Balaban J connectivity index is 1.89. The Bertz CT molecular complexity index is 1090. The van der Waals surface area contributed by atoms with Gasteiger partial charge in [0.05, 0.1) is 0 Å². The van der Waals surface area contributed by atoms with Gasteiger partial charge in [0.2, 0.25) is 5.91 Å². The van der Waals surface area contributed by atoms with E-state index in [4.69, 9.17) is 27.9 Å². The summed E-state index contributed by atoms with van der Waals surface area (Å²) >= 11 is 12.0. The minimum absolute atomic E-state index is 0.0152. The molecule has 0 aromatic heterocycles. The van der Waals surface area contributed by atoms with E-state index in [1.807, 2.05) is 56.3 Å². The van der Waals surface area contributed by atoms with Crippen molar-refractivity contribution in [1.29, 1.82) is 0 Å². The van der Waals surface area contributed by atoms with E-state index in [9.17, 15) is 9.59 Å². The van der Waals surface area contributed by atoms with Crippen molar-refractivity contribution in [2.24, 2.45) is 0 Å². The van der Waals surface area contributed by atoms with Crippen molar-refractivity contribution < 1.29 is 14.3 Å². The Labute approximate surface area is 217 Å². The van der Waals surface area contributed by atoms with E-state index >= 15 is 0 Å². The second-order valence-corrected chi connectivity index (χ2v) is 9.29. The first-order valence-electron chi connectivity index (χ1n) is 11.6. The lowest BCUT2D eigenvalue weighted by Gasteiger charge is -2.32. The fraction of sp³-hybridized carbons (Fsp3) is 0.286. The third kappa shape index (κ3) is 8.30. The summed E-state index contributed by atoms with van der Waals surface area (Å²) < 4.78 is 5.74. The Morgan fingerprint density at radius 1 is 0.886 bits per heavy atom. The predicted molar refractivity (Wildman–Crippen MR) is 141 cm³/mol. The Kier molecular flexibility index (Phi) is 10.0. The van der Waals surface area contributed by atoms with Crippen LogP contribution in [0.4, 0.5) is 0 Å². The molecule has 3 rings (SSSR count). The molecule has 3 aromatic rings. The zero-order chi connectivity index (χ0) is 25.2. The summed E-state index contributed by atoms with van der Waals surface area (Å²) in [5.74, 6) is 0.0324. The van der Waals surface area contributed by atoms with Gasteiger partial charge in [0.1, 0.15) is 11.8 Å². The van der Waals surface area contributed by atoms with Gasteiger partial charge in [-0.05, 0) is 60.9 Å². The number of amides is 2. The van der Waals surface area contributed by atoms with Gasteiger partial charge >= 0.3 is 0 Å². The van der Waals surface area contributed by atoms with Gasteiger partial charge < -0.3 is 15.0 Å². The van der Waals surface area contributed by atoms with Gasteiger partial charge in [0.25, 0.3) is 5.91 Å². The maximum absolute atomic E-state index is 13.5. The molecule has 0 bridgehead atoms. The summed E-state index contributed by atoms with van der Waals surface area (Å²) in [6.45, 7) is 3.99. The van der Waals surface area contributed by atoms with Crippen LogP contribution in [-0.2, 0) is 22.6 Å². The van der Waals surface area contributed by atoms with E-state index in [0.717, 1.165) is 17.5 Å². The lowest BCUT2D eigenvalue weighted by atomic mass is 10.0. The van der Waals surface area contributed by atoms with Crippen LogP contribution >= 0.6 is 23.2 Å². The average molecular weight is 513 g/mol. The van der Waals surface area contributed by atoms with Gasteiger partial charge in [-0.25, -0.2) is 0 Å². The smallest absolute Gasteiger partial charge is 0.261 e. The fourth-order valence-electron chi connectivity index (χ4n) is 3.54. The van der Waals surface area contributed by atoms with Gasteiger partial charge in [-0.1, -0.05) is 72.6 Å². The van der Waals surface area contributed by atoms with Gasteiger partial charge in [0, 0.05) is 29.1 Å². The van der Waals surface area contributed by atoms with Crippen LogP contribution in [0.2, 0.25) is 10.0 Å². The molecule has 35 heavy (non-hydrogen) atoms. The molecule has 2 unspecified atom stereocenters. The maximum atomic E-state index is 13.5. The largest absolute Gasteiger partial charge is 0.484 e. The summed E-state index contributed by atoms with van der Waals surface area (Å²) in [4.78, 5) is 28.5. The van der Waals surface area contributed by atoms with Crippen molar-refractivity contribution in [2.45, 2.75) is 45.3 Å². The molecule has 0 aliphatic heterocycles. The lowest BCUT2D eigenvalue weighted by Crippen LogP contribution is -2.53. The number of hydrogen-bond acceptors (Lipinski definition) is 3. The Morgan fingerprint density at radius 2 is 1.49 bits per heavy atom. The van der Waals surface area contributed by atoms with Crippen LogP contribution in [0.15, 0.2) is 78.9 Å². The molecule has 0 heterocycles. The molecule has 1 N–H and O–H groups in total. The normalized spacial score (nSPS) is 12.5. The standard InChI is InChI=1S/C28H30Cl2N2O3/c1-3-20(2)31-28(34)26(17-21-7-5-4-6-8-21)32(18-22-9-11-23(29)12-10-22)27(33)19-35-25-15-13-24(30)14-16-25/h4-16,20,26H,3,17-19H2,1-2H3,(H,31,34). The summed E-state index contributed by atoms with van der Waals surface area (Å²) in [6, 6.07) is 23.0. The minimum atomic E-state index is -0.719. The molecule has 0 aliphatic rings. The van der Waals surface area contributed by atoms with Crippen LogP contribution in [0.1, 0.15) is 31.4 Å². The highest BCUT2D eigenvalue weighted by Crippen LogP contribution is 2.19. The van der Waals surface area contributed by atoms with Crippen LogP contribution in [0, 0.1) is 0 Å². The van der Waals surface area contributed by atoms with Gasteiger partial charge in [-0.15, -0.1) is 0 Å². The predicted octanol–water partition coefficient (Wildman–Crippen LogP) is 5.93. The van der Waals surface area contributed by atoms with Gasteiger partial charge in [-0.3, -0.25) is 9.59 Å². The topological polar surface area (TPSA) is 58.6 Å². The minimum Gasteiger partial charge on any atom is -0.484 e. The van der Waals surface area contributed by atoms with Crippen LogP contribution in [-0.4, -0.2) is 35.4 Å². The molecule has 2 amide bonds. The van der Waals surface area contributed by atoms with E-state index in [-0.39, 0.29) is 31.0 Å². The quantitative estimate of drug-likeness (QED) is 0.346. The molecule has 7 heteroatoms. The lowest BCUT2D eigenvalue weighted by molar-refractivity contribution is -0.143. The monoisotopic (exact) mass is 512 g/mol. The van der Waals surface area contributed by atoms with Crippen molar-refractivity contribution in [3.8, 4) is 5.75 Å². The molecule has 184 valence electrons. The number of carbonyl (C=O) groups excluding carboxylic acids is 2. The number of benzene rings is 3. The van der Waals surface area contributed by atoms with Crippen molar-refractivity contribution in [2.75, 3.05) is 6.61 Å². The Hall–Kier alpha value is -3.02. The summed E-state index contributed by atoms with van der Waals surface area (Å²) in [5.41, 5.74) is 1.83. The first kappa shape index (κ1) is 26.6. The number of nitrogens with zero attached hydrogens (tertiary/aromatic N) is 1. The molecule has 0 radical (unpaired) electrons. The fourth-order valence-corrected chi connectivity index (χ4v) is 3.79. The molecule has 0 fully saturated rings. The molecule has 3 aromatic carbocycles. The highest BCUT2D eigenvalue weighted by molar-refractivity contribution is 6.30. The molecule has 0 saturated carbocycles. The van der Waals surface area contributed by atoms with E-state index in [0.29, 0.717) is 22.2 Å². The van der Waals surface area contributed by atoms with Crippen LogP contribution in [0.25, 0.3) is 0 Å². The molecular formula is C28H30Cl2N2O3. The van der Waals surface area contributed by atoms with Crippen molar-refractivity contribution >= 4 is 35.0 Å². The highest BCUT2D eigenvalue weighted by Gasteiger charge is 2.31. The summed E-state index contributed by atoms with van der Waals surface area (Å²) in [5, 5.41) is 4.24. The second kappa shape index (κ2) is 13.2. The van der Waals surface area contributed by atoms with Crippen LogP contribution in [0.3, 0.4) is 0 Å². The number of ether oxygens (including phenoxy) is 1.